The van der Waals surface area contributed by atoms with Gasteiger partial charge in [0.1, 0.15) is 5.69 Å². The molecule has 0 saturated carbocycles. The molecule has 1 aromatic carbocycles. The molecule has 0 spiro atoms. The summed E-state index contributed by atoms with van der Waals surface area (Å²) >= 11 is 1.73. The van der Waals surface area contributed by atoms with Gasteiger partial charge in [-0.15, -0.1) is 11.8 Å². The Morgan fingerprint density at radius 2 is 1.96 bits per heavy atom. The van der Waals surface area contributed by atoms with Crippen LogP contribution in [0, 0.1) is 0 Å². The van der Waals surface area contributed by atoms with Crippen LogP contribution >= 0.6 is 23.1 Å². The first-order valence-corrected chi connectivity index (χ1v) is 9.98. The van der Waals surface area contributed by atoms with Crippen molar-refractivity contribution in [3.05, 3.63) is 58.1 Å². The smallest absolute Gasteiger partial charge is 0.265 e. The molecule has 2 aromatic heterocycles. The van der Waals surface area contributed by atoms with Crippen molar-refractivity contribution < 1.29 is 18.0 Å². The highest BCUT2D eigenvalue weighted by atomic mass is 32.2. The lowest BCUT2D eigenvalue weighted by Crippen LogP contribution is -2.15. The van der Waals surface area contributed by atoms with Crippen molar-refractivity contribution in [3.63, 3.8) is 0 Å². The number of thioether (sulfide) groups is 1. The summed E-state index contributed by atoms with van der Waals surface area (Å²) in [5.41, 5.74) is 1.90. The van der Waals surface area contributed by atoms with E-state index in [9.17, 15) is 18.0 Å². The zero-order valence-electron chi connectivity index (χ0n) is 14.9. The van der Waals surface area contributed by atoms with Crippen LogP contribution in [0.4, 0.5) is 13.2 Å². The van der Waals surface area contributed by atoms with Crippen molar-refractivity contribution in [2.24, 2.45) is 12.0 Å². The van der Waals surface area contributed by atoms with Crippen LogP contribution in [0.15, 0.2) is 52.5 Å². The van der Waals surface area contributed by atoms with E-state index in [2.05, 4.69) is 15.1 Å². The van der Waals surface area contributed by atoms with Gasteiger partial charge in [0.05, 0.1) is 0 Å². The predicted molar refractivity (Wildman–Crippen MR) is 102 cm³/mol. The minimum atomic E-state index is -4.59. The number of pyridine rings is 1. The van der Waals surface area contributed by atoms with Crippen LogP contribution in [0.3, 0.4) is 0 Å². The molecule has 3 rings (SSSR count). The van der Waals surface area contributed by atoms with E-state index >= 15 is 0 Å². The monoisotopic (exact) mass is 424 g/mol. The maximum atomic E-state index is 12.8. The van der Waals surface area contributed by atoms with Gasteiger partial charge in [-0.3, -0.25) is 4.79 Å². The van der Waals surface area contributed by atoms with E-state index in [1.165, 1.54) is 18.8 Å². The summed E-state index contributed by atoms with van der Waals surface area (Å²) in [4.78, 5) is 21.2. The molecule has 3 aromatic rings. The van der Waals surface area contributed by atoms with Gasteiger partial charge in [-0.25, -0.2) is 9.67 Å². The molecule has 2 heterocycles. The van der Waals surface area contributed by atoms with Gasteiger partial charge in [0.15, 0.2) is 0 Å². The minimum Gasteiger partial charge on any atom is -0.265 e. The molecule has 0 saturated heterocycles. The van der Waals surface area contributed by atoms with Crippen molar-refractivity contribution in [1.29, 1.82) is 0 Å². The highest BCUT2D eigenvalue weighted by molar-refractivity contribution is 7.99. The molecule has 0 atom stereocenters. The predicted octanol–water partition coefficient (Wildman–Crippen LogP) is 4.42. The third-order valence-electron chi connectivity index (χ3n) is 3.61. The molecule has 10 heteroatoms. The maximum absolute atomic E-state index is 12.8. The van der Waals surface area contributed by atoms with Gasteiger partial charge in [-0.05, 0) is 17.4 Å². The number of hydrogen-bond donors (Lipinski definition) is 0. The van der Waals surface area contributed by atoms with E-state index in [1.807, 2.05) is 43.3 Å². The van der Waals surface area contributed by atoms with Crippen LogP contribution in [0.25, 0.3) is 11.1 Å². The number of aryl methyl sites for hydroxylation is 1. The number of alkyl halides is 3. The minimum absolute atomic E-state index is 0.105. The van der Waals surface area contributed by atoms with Crippen LogP contribution in [-0.4, -0.2) is 26.4 Å². The number of rotatable bonds is 4. The summed E-state index contributed by atoms with van der Waals surface area (Å²) in [7, 11) is 1.31. The number of benzene rings is 1. The Balaban J connectivity index is 2.01. The van der Waals surface area contributed by atoms with Crippen molar-refractivity contribution >= 4 is 29.0 Å². The normalized spacial score (nSPS) is 12.4. The molecule has 0 unspecified atom stereocenters. The van der Waals surface area contributed by atoms with Crippen molar-refractivity contribution in [2.75, 3.05) is 5.75 Å². The highest BCUT2D eigenvalue weighted by Gasteiger charge is 2.35. The first kappa shape index (κ1) is 20.3. The number of hydrogen-bond acceptors (Lipinski definition) is 5. The summed E-state index contributed by atoms with van der Waals surface area (Å²) in [5, 5.41) is 2.32. The first-order chi connectivity index (χ1) is 13.3. The summed E-state index contributed by atoms with van der Waals surface area (Å²) in [5.74, 6) is -0.00391. The molecule has 0 fully saturated rings. The Morgan fingerprint density at radius 3 is 2.57 bits per heavy atom. The van der Waals surface area contributed by atoms with Gasteiger partial charge >= 0.3 is 6.18 Å². The lowest BCUT2D eigenvalue weighted by molar-refractivity contribution is -0.138. The zero-order valence-corrected chi connectivity index (χ0v) is 16.5. The first-order valence-electron chi connectivity index (χ1n) is 8.18. The van der Waals surface area contributed by atoms with Crippen LogP contribution in [0.5, 0.6) is 0 Å². The van der Waals surface area contributed by atoms with Crippen molar-refractivity contribution in [3.8, 4) is 11.1 Å². The molecule has 0 aliphatic heterocycles. The summed E-state index contributed by atoms with van der Waals surface area (Å²) < 4.78 is 39.4. The summed E-state index contributed by atoms with van der Waals surface area (Å²) in [6.45, 7) is 1.93. The van der Waals surface area contributed by atoms with E-state index in [4.69, 9.17) is 0 Å². The van der Waals surface area contributed by atoms with Gasteiger partial charge in [0.25, 0.3) is 5.91 Å². The van der Waals surface area contributed by atoms with E-state index in [-0.39, 0.29) is 10.5 Å². The van der Waals surface area contributed by atoms with Crippen LogP contribution in [-0.2, 0) is 13.2 Å². The third kappa shape index (κ3) is 4.50. The standard InChI is InChI=1S/C18H15F3N4OS2/c1-3-27-13-9-12(11-7-5-4-6-8-11)10-22-14(13)15(26)23-17-25(2)24-16(28-17)18(19,20)21/h4-10H,3H2,1-2H3. The second-order valence-electron chi connectivity index (χ2n) is 5.60. The number of aromatic nitrogens is 3. The molecular weight excluding hydrogens is 409 g/mol. The molecule has 0 bridgehead atoms. The number of nitrogens with zero attached hydrogens (tertiary/aromatic N) is 4. The number of carbonyl (C=O) groups excluding carboxylic acids is 1. The van der Waals surface area contributed by atoms with Crippen molar-refractivity contribution in [2.45, 2.75) is 18.0 Å². The summed E-state index contributed by atoms with van der Waals surface area (Å²) in [6.07, 6.45) is -3.02. The molecule has 28 heavy (non-hydrogen) atoms. The van der Waals surface area contributed by atoms with Crippen LogP contribution in [0.1, 0.15) is 22.4 Å². The number of carbonyl (C=O) groups is 1. The molecule has 1 amide bonds. The van der Waals surface area contributed by atoms with Gasteiger partial charge < -0.3 is 0 Å². The topological polar surface area (TPSA) is 60.1 Å². The molecule has 146 valence electrons. The van der Waals surface area contributed by atoms with E-state index in [0.29, 0.717) is 22.0 Å². The fourth-order valence-electron chi connectivity index (χ4n) is 2.36. The Hall–Kier alpha value is -2.46. The molecule has 0 radical (unpaired) electrons. The molecule has 0 aliphatic carbocycles. The Labute approximate surface area is 167 Å². The van der Waals surface area contributed by atoms with Crippen molar-refractivity contribution in [1.82, 2.24) is 14.8 Å². The van der Waals surface area contributed by atoms with E-state index < -0.39 is 17.1 Å². The Kier molecular flexibility index (Phi) is 5.99. The molecule has 0 aliphatic rings. The van der Waals surface area contributed by atoms with Crippen LogP contribution < -0.4 is 4.80 Å². The van der Waals surface area contributed by atoms with Gasteiger partial charge in [0.2, 0.25) is 9.81 Å². The number of amides is 1. The fourth-order valence-corrected chi connectivity index (χ4v) is 3.91. The third-order valence-corrected chi connectivity index (χ3v) is 5.56. The molecule has 5 nitrogen and oxygen atoms in total. The Bertz CT molecular complexity index is 1060. The van der Waals surface area contributed by atoms with Gasteiger partial charge in [-0.1, -0.05) is 48.6 Å². The average molecular weight is 424 g/mol. The lowest BCUT2D eigenvalue weighted by atomic mass is 10.1. The fraction of sp³-hybridized carbons (Fsp3) is 0.222. The Morgan fingerprint density at radius 1 is 1.25 bits per heavy atom. The van der Waals surface area contributed by atoms with E-state index in [0.717, 1.165) is 15.8 Å². The zero-order chi connectivity index (χ0) is 20.3. The van der Waals surface area contributed by atoms with Gasteiger partial charge in [-0.2, -0.15) is 23.3 Å². The quantitative estimate of drug-likeness (QED) is 0.582. The van der Waals surface area contributed by atoms with Crippen LogP contribution in [0.2, 0.25) is 0 Å². The van der Waals surface area contributed by atoms with E-state index in [1.54, 1.807) is 6.20 Å². The second kappa shape index (κ2) is 8.27. The average Bonchev–Trinajstić information content (AvgIpc) is 3.03. The second-order valence-corrected chi connectivity index (χ2v) is 7.86. The van der Waals surface area contributed by atoms with Gasteiger partial charge in [0, 0.05) is 23.7 Å². The lowest BCUT2D eigenvalue weighted by Gasteiger charge is -2.07. The highest BCUT2D eigenvalue weighted by Crippen LogP contribution is 2.29. The summed E-state index contributed by atoms with van der Waals surface area (Å²) in [6, 6.07) is 11.4. The maximum Gasteiger partial charge on any atom is 0.445 e. The molecule has 0 N–H and O–H groups in total. The number of halogens is 3. The SMILES string of the molecule is CCSc1cc(-c2ccccc2)cnc1C(=O)N=c1sc(C(F)(F)F)nn1C. The molecular formula is C18H15F3N4OS2. The largest absolute Gasteiger partial charge is 0.445 e.